The topological polar surface area (TPSA) is 41.1 Å². The van der Waals surface area contributed by atoms with E-state index >= 15 is 0 Å². The summed E-state index contributed by atoms with van der Waals surface area (Å²) in [5.74, 6) is -1.76. The average Bonchev–Trinajstić information content (AvgIpc) is 3.13. The Bertz CT molecular complexity index is 553. The molecule has 1 aliphatic heterocycles. The molecule has 1 saturated carbocycles. The van der Waals surface area contributed by atoms with Gasteiger partial charge in [0.15, 0.2) is 5.82 Å². The Morgan fingerprint density at radius 3 is 2.75 bits per heavy atom. The second-order valence-electron chi connectivity index (χ2n) is 5.91. The van der Waals surface area contributed by atoms with Gasteiger partial charge in [-0.2, -0.15) is 0 Å². The normalized spacial score (nSPS) is 23.6. The first-order valence-electron chi connectivity index (χ1n) is 7.00. The van der Waals surface area contributed by atoms with E-state index in [1.807, 2.05) is 0 Å². The zero-order chi connectivity index (χ0) is 14.3. The van der Waals surface area contributed by atoms with E-state index in [0.717, 1.165) is 32.4 Å². The van der Waals surface area contributed by atoms with Crippen LogP contribution in [0.5, 0.6) is 0 Å². The lowest BCUT2D eigenvalue weighted by Crippen LogP contribution is -2.31. The highest BCUT2D eigenvalue weighted by atomic mass is 19.1. The van der Waals surface area contributed by atoms with Crippen LogP contribution in [-0.4, -0.2) is 19.0 Å². The predicted molar refractivity (Wildman–Crippen MR) is 72.4 cm³/mol. The second kappa shape index (κ2) is 4.81. The maximum Gasteiger partial charge on any atom is 0.228 e. The van der Waals surface area contributed by atoms with Gasteiger partial charge in [0.25, 0.3) is 0 Å². The van der Waals surface area contributed by atoms with Gasteiger partial charge in [-0.3, -0.25) is 4.79 Å². The van der Waals surface area contributed by atoms with Crippen molar-refractivity contribution in [3.05, 3.63) is 29.3 Å². The molecule has 0 bridgehead atoms. The number of anilines is 1. The Morgan fingerprint density at radius 1 is 1.35 bits per heavy atom. The third-order valence-corrected chi connectivity index (χ3v) is 4.64. The summed E-state index contributed by atoms with van der Waals surface area (Å²) in [7, 11) is 0. The smallest absolute Gasteiger partial charge is 0.228 e. The molecule has 3 nitrogen and oxygen atoms in total. The monoisotopic (exact) mass is 280 g/mol. The van der Waals surface area contributed by atoms with Crippen molar-refractivity contribution in [3.63, 3.8) is 0 Å². The van der Waals surface area contributed by atoms with Gasteiger partial charge in [-0.1, -0.05) is 6.07 Å². The minimum atomic E-state index is -0.721. The van der Waals surface area contributed by atoms with Gasteiger partial charge in [-0.05, 0) is 56.3 Å². The number of rotatable bonds is 2. The molecule has 3 rings (SSSR count). The maximum atomic E-state index is 13.9. The van der Waals surface area contributed by atoms with Gasteiger partial charge in [-0.15, -0.1) is 0 Å². The summed E-state index contributed by atoms with van der Waals surface area (Å²) in [4.78, 5) is 12.2. The van der Waals surface area contributed by atoms with Crippen LogP contribution < -0.4 is 10.6 Å². The Labute approximate surface area is 116 Å². The van der Waals surface area contributed by atoms with Crippen molar-refractivity contribution in [1.29, 1.82) is 0 Å². The van der Waals surface area contributed by atoms with Crippen molar-refractivity contribution in [3.8, 4) is 0 Å². The molecule has 20 heavy (non-hydrogen) atoms. The summed E-state index contributed by atoms with van der Waals surface area (Å²) in [5, 5.41) is 5.71. The molecule has 2 N–H and O–H groups in total. The van der Waals surface area contributed by atoms with Gasteiger partial charge < -0.3 is 10.6 Å². The Morgan fingerprint density at radius 2 is 2.05 bits per heavy atom. The predicted octanol–water partition coefficient (Wildman–Crippen LogP) is 2.60. The zero-order valence-electron chi connectivity index (χ0n) is 11.4. The van der Waals surface area contributed by atoms with Gasteiger partial charge in [0.1, 0.15) is 11.5 Å². The molecule has 5 heteroatoms. The summed E-state index contributed by atoms with van der Waals surface area (Å²) in [6, 6.07) is 2.55. The van der Waals surface area contributed by atoms with Crippen LogP contribution in [0.15, 0.2) is 12.1 Å². The van der Waals surface area contributed by atoms with E-state index in [1.165, 1.54) is 12.1 Å². The first-order chi connectivity index (χ1) is 9.53. The molecular formula is C15H18F2N2O. The number of aryl methyl sites for hydroxylation is 1. The van der Waals surface area contributed by atoms with Gasteiger partial charge in [-0.25, -0.2) is 8.78 Å². The van der Waals surface area contributed by atoms with Crippen LogP contribution in [-0.2, 0) is 4.79 Å². The van der Waals surface area contributed by atoms with Crippen molar-refractivity contribution in [2.24, 2.45) is 11.3 Å². The van der Waals surface area contributed by atoms with Crippen molar-refractivity contribution < 1.29 is 13.6 Å². The number of piperidine rings is 1. The SMILES string of the molecule is Cc1ccc(F)c(NC(=O)C2CC23CCNCC3)c1F. The first kappa shape index (κ1) is 13.5. The molecule has 108 valence electrons. The molecule has 0 radical (unpaired) electrons. The molecule has 1 aliphatic carbocycles. The van der Waals surface area contributed by atoms with Gasteiger partial charge >= 0.3 is 0 Å². The Kier molecular flexibility index (Phi) is 3.24. The third-order valence-electron chi connectivity index (χ3n) is 4.64. The van der Waals surface area contributed by atoms with Crippen LogP contribution in [0.1, 0.15) is 24.8 Å². The van der Waals surface area contributed by atoms with E-state index in [4.69, 9.17) is 0 Å². The Balaban J connectivity index is 1.73. The van der Waals surface area contributed by atoms with Gasteiger partial charge in [0, 0.05) is 5.92 Å². The number of carbonyl (C=O) groups excluding carboxylic acids is 1. The number of carbonyl (C=O) groups is 1. The molecule has 1 saturated heterocycles. The molecule has 1 heterocycles. The molecule has 2 fully saturated rings. The van der Waals surface area contributed by atoms with E-state index in [1.54, 1.807) is 6.92 Å². The minimum absolute atomic E-state index is 0.0616. The van der Waals surface area contributed by atoms with E-state index < -0.39 is 11.6 Å². The molecule has 1 aromatic carbocycles. The first-order valence-corrected chi connectivity index (χ1v) is 7.00. The highest BCUT2D eigenvalue weighted by molar-refractivity contribution is 5.95. The fourth-order valence-corrected chi connectivity index (χ4v) is 3.18. The average molecular weight is 280 g/mol. The van der Waals surface area contributed by atoms with Crippen LogP contribution >= 0.6 is 0 Å². The van der Waals surface area contributed by atoms with Crippen molar-refractivity contribution >= 4 is 11.6 Å². The van der Waals surface area contributed by atoms with Crippen LogP contribution in [0.2, 0.25) is 0 Å². The van der Waals surface area contributed by atoms with E-state index in [-0.39, 0.29) is 22.9 Å². The number of hydrogen-bond donors (Lipinski definition) is 2. The second-order valence-corrected chi connectivity index (χ2v) is 5.91. The summed E-state index contributed by atoms with van der Waals surface area (Å²) in [5.41, 5.74) is 0.0756. The number of benzene rings is 1. The van der Waals surface area contributed by atoms with E-state index in [0.29, 0.717) is 5.56 Å². The quantitative estimate of drug-likeness (QED) is 0.874. The highest BCUT2D eigenvalue weighted by Crippen LogP contribution is 2.58. The summed E-state index contributed by atoms with van der Waals surface area (Å²) < 4.78 is 27.5. The summed E-state index contributed by atoms with van der Waals surface area (Å²) in [6.07, 6.45) is 2.75. The molecule has 1 amide bonds. The number of halogens is 2. The fraction of sp³-hybridized carbons (Fsp3) is 0.533. The fourth-order valence-electron chi connectivity index (χ4n) is 3.18. The lowest BCUT2D eigenvalue weighted by atomic mass is 9.92. The van der Waals surface area contributed by atoms with E-state index in [2.05, 4.69) is 10.6 Å². The molecule has 2 aliphatic rings. The summed E-state index contributed by atoms with van der Waals surface area (Å²) in [6.45, 7) is 3.38. The van der Waals surface area contributed by atoms with Crippen LogP contribution in [0.3, 0.4) is 0 Å². The molecule has 1 atom stereocenters. The molecule has 0 aromatic heterocycles. The van der Waals surface area contributed by atoms with Crippen LogP contribution in [0, 0.1) is 29.9 Å². The maximum absolute atomic E-state index is 13.9. The highest BCUT2D eigenvalue weighted by Gasteiger charge is 2.57. The van der Waals surface area contributed by atoms with Crippen molar-refractivity contribution in [1.82, 2.24) is 5.32 Å². The van der Waals surface area contributed by atoms with Gasteiger partial charge in [0.2, 0.25) is 5.91 Å². The zero-order valence-corrected chi connectivity index (χ0v) is 11.4. The lowest BCUT2D eigenvalue weighted by molar-refractivity contribution is -0.118. The molecule has 1 spiro atoms. The largest absolute Gasteiger partial charge is 0.321 e. The minimum Gasteiger partial charge on any atom is -0.321 e. The molecule has 1 unspecified atom stereocenters. The molecular weight excluding hydrogens is 262 g/mol. The summed E-state index contributed by atoms with van der Waals surface area (Å²) >= 11 is 0. The third kappa shape index (κ3) is 2.20. The lowest BCUT2D eigenvalue weighted by Gasteiger charge is -2.23. The number of amides is 1. The number of nitrogens with one attached hydrogen (secondary N) is 2. The molecule has 1 aromatic rings. The van der Waals surface area contributed by atoms with E-state index in [9.17, 15) is 13.6 Å². The Hall–Kier alpha value is -1.49. The van der Waals surface area contributed by atoms with Crippen molar-refractivity contribution in [2.45, 2.75) is 26.2 Å². The standard InChI is InChI=1S/C15H18F2N2O/c1-9-2-3-11(16)13(12(9)17)19-14(20)10-8-15(10)4-6-18-7-5-15/h2-3,10,18H,4-8H2,1H3,(H,19,20). The van der Waals surface area contributed by atoms with Crippen LogP contribution in [0.25, 0.3) is 0 Å². The van der Waals surface area contributed by atoms with Crippen LogP contribution in [0.4, 0.5) is 14.5 Å². The van der Waals surface area contributed by atoms with Crippen molar-refractivity contribution in [2.75, 3.05) is 18.4 Å². The van der Waals surface area contributed by atoms with Gasteiger partial charge in [0.05, 0.1) is 0 Å². The number of hydrogen-bond acceptors (Lipinski definition) is 2.